The van der Waals surface area contributed by atoms with Crippen molar-refractivity contribution < 1.29 is 0 Å². The Morgan fingerprint density at radius 2 is 1.00 bits per heavy atom. The van der Waals surface area contributed by atoms with E-state index in [0.29, 0.717) is 0 Å². The zero-order valence-electron chi connectivity index (χ0n) is 7.43. The number of aryl methyl sites for hydroxylation is 1. The molecule has 1 rings (SSSR count). The molecule has 1 aromatic carbocycles. The molecule has 0 saturated carbocycles. The molecule has 0 aliphatic carbocycles. The monoisotopic (exact) mass is 270 g/mol. The summed E-state index contributed by atoms with van der Waals surface area (Å²) in [4.78, 5) is 0. The zero-order chi connectivity index (χ0) is 5.11. The van der Waals surface area contributed by atoms with E-state index in [0.717, 1.165) is 0 Å². The van der Waals surface area contributed by atoms with Crippen LogP contribution < -0.4 is 12.3 Å². The summed E-state index contributed by atoms with van der Waals surface area (Å²) in [5.74, 6) is 0. The Morgan fingerprint density at radius 1 is 0.692 bits per heavy atom. The van der Waals surface area contributed by atoms with Crippen LogP contribution in [0.4, 0.5) is 0 Å². The normalized spacial score (nSPS) is 4.69. The highest BCUT2D eigenvalue weighted by Gasteiger charge is 1.72. The lowest BCUT2D eigenvalue weighted by molar-refractivity contribution is 1.48. The highest BCUT2D eigenvalue weighted by atomic mass is 35.5. The maximum absolute atomic E-state index is 2.08. The summed E-state index contributed by atoms with van der Waals surface area (Å²) in [5, 5.41) is 0. The predicted octanol–water partition coefficient (Wildman–Crippen LogP) is 4.01. The summed E-state index contributed by atoms with van der Waals surface area (Å²) >= 11 is 0. The summed E-state index contributed by atoms with van der Waals surface area (Å²) in [6, 6.07) is 10.3. The van der Waals surface area contributed by atoms with Crippen molar-refractivity contribution in [3.8, 4) is 0 Å². The SMILES string of the molecule is Cc1ccccc1.Cl.Cl.Cl.Cl.N.N. The molecule has 0 bridgehead atoms. The van der Waals surface area contributed by atoms with E-state index < -0.39 is 0 Å². The highest BCUT2D eigenvalue weighted by molar-refractivity contribution is 5.86. The number of hydrogen-bond donors (Lipinski definition) is 2. The van der Waals surface area contributed by atoms with Gasteiger partial charge in [-0.05, 0) is 6.92 Å². The summed E-state index contributed by atoms with van der Waals surface area (Å²) in [6.45, 7) is 2.08. The quantitative estimate of drug-likeness (QED) is 0.749. The van der Waals surface area contributed by atoms with E-state index in [1.807, 2.05) is 18.2 Å². The lowest BCUT2D eigenvalue weighted by Crippen LogP contribution is -1.62. The van der Waals surface area contributed by atoms with Crippen molar-refractivity contribution in [3.63, 3.8) is 0 Å². The summed E-state index contributed by atoms with van der Waals surface area (Å²) in [5.41, 5.74) is 1.32. The van der Waals surface area contributed by atoms with Gasteiger partial charge in [0.2, 0.25) is 0 Å². The first-order valence-electron chi connectivity index (χ1n) is 2.41. The number of benzene rings is 1. The van der Waals surface area contributed by atoms with Crippen LogP contribution in [0.2, 0.25) is 0 Å². The van der Waals surface area contributed by atoms with E-state index in [1.165, 1.54) is 5.56 Å². The number of rotatable bonds is 0. The topological polar surface area (TPSA) is 70.0 Å². The molecule has 0 radical (unpaired) electrons. The lowest BCUT2D eigenvalue weighted by atomic mass is 10.2. The van der Waals surface area contributed by atoms with Gasteiger partial charge in [0, 0.05) is 0 Å². The third-order valence-corrected chi connectivity index (χ3v) is 0.940. The molecule has 0 atom stereocenters. The summed E-state index contributed by atoms with van der Waals surface area (Å²) < 4.78 is 0. The van der Waals surface area contributed by atoms with Crippen LogP contribution in [0.5, 0.6) is 0 Å². The van der Waals surface area contributed by atoms with Crippen LogP contribution >= 0.6 is 49.6 Å². The van der Waals surface area contributed by atoms with Gasteiger partial charge in [-0.1, -0.05) is 35.9 Å². The van der Waals surface area contributed by atoms with Crippen LogP contribution in [-0.4, -0.2) is 0 Å². The molecule has 6 N–H and O–H groups in total. The molecular formula is C7H18Cl4N2. The standard InChI is InChI=1S/C7H8.4ClH.2H3N/c1-7-5-3-2-4-6-7;;;;;;/h2-6H,1H3;4*1H;2*1H3. The van der Waals surface area contributed by atoms with Gasteiger partial charge >= 0.3 is 0 Å². The van der Waals surface area contributed by atoms with Crippen LogP contribution in [0.3, 0.4) is 0 Å². The molecule has 6 heteroatoms. The first kappa shape index (κ1) is 37.8. The van der Waals surface area contributed by atoms with Crippen molar-refractivity contribution in [2.45, 2.75) is 6.92 Å². The largest absolute Gasteiger partial charge is 0.344 e. The Morgan fingerprint density at radius 3 is 1.15 bits per heavy atom. The second-order valence-electron chi connectivity index (χ2n) is 1.65. The molecule has 1 aromatic rings. The third-order valence-electron chi connectivity index (χ3n) is 0.940. The molecule has 84 valence electrons. The van der Waals surface area contributed by atoms with Crippen LogP contribution in [0.1, 0.15) is 5.56 Å². The molecule has 2 nitrogen and oxygen atoms in total. The maximum Gasteiger partial charge on any atom is -0.0398 e. The van der Waals surface area contributed by atoms with E-state index >= 15 is 0 Å². The number of halogens is 4. The van der Waals surface area contributed by atoms with E-state index in [1.54, 1.807) is 0 Å². The average molecular weight is 272 g/mol. The van der Waals surface area contributed by atoms with Crippen molar-refractivity contribution in [1.29, 1.82) is 0 Å². The Kier molecular flexibility index (Phi) is 66.2. The summed E-state index contributed by atoms with van der Waals surface area (Å²) in [7, 11) is 0. The maximum atomic E-state index is 2.08. The summed E-state index contributed by atoms with van der Waals surface area (Å²) in [6.07, 6.45) is 0. The molecule has 0 amide bonds. The third kappa shape index (κ3) is 18.9. The lowest BCUT2D eigenvalue weighted by Gasteiger charge is -1.82. The molecule has 0 aromatic heterocycles. The molecule has 0 fully saturated rings. The fraction of sp³-hybridized carbons (Fsp3) is 0.143. The second-order valence-corrected chi connectivity index (χ2v) is 1.65. The zero-order valence-corrected chi connectivity index (χ0v) is 10.7. The minimum absolute atomic E-state index is 0. The van der Waals surface area contributed by atoms with Gasteiger partial charge in [-0.25, -0.2) is 0 Å². The first-order valence-corrected chi connectivity index (χ1v) is 2.41. The Hall–Kier alpha value is 0.300. The minimum atomic E-state index is 0. The van der Waals surface area contributed by atoms with Gasteiger partial charge in [0.25, 0.3) is 0 Å². The first-order chi connectivity index (χ1) is 3.39. The molecular weight excluding hydrogens is 254 g/mol. The van der Waals surface area contributed by atoms with Crippen molar-refractivity contribution in [2.75, 3.05) is 0 Å². The highest BCUT2D eigenvalue weighted by Crippen LogP contribution is 1.92. The number of hydrogen-bond acceptors (Lipinski definition) is 2. The van der Waals surface area contributed by atoms with Gasteiger partial charge in [0.1, 0.15) is 0 Å². The molecule has 0 unspecified atom stereocenters. The fourth-order valence-electron chi connectivity index (χ4n) is 0.534. The van der Waals surface area contributed by atoms with Crippen molar-refractivity contribution in [3.05, 3.63) is 35.9 Å². The van der Waals surface area contributed by atoms with E-state index in [2.05, 4.69) is 19.1 Å². The van der Waals surface area contributed by atoms with Crippen LogP contribution in [0, 0.1) is 6.92 Å². The fourth-order valence-corrected chi connectivity index (χ4v) is 0.534. The molecule has 0 spiro atoms. The Labute approximate surface area is 105 Å². The van der Waals surface area contributed by atoms with Crippen molar-refractivity contribution >= 4 is 49.6 Å². The van der Waals surface area contributed by atoms with E-state index in [-0.39, 0.29) is 61.9 Å². The van der Waals surface area contributed by atoms with E-state index in [4.69, 9.17) is 0 Å². The van der Waals surface area contributed by atoms with Gasteiger partial charge in [-0.3, -0.25) is 0 Å². The predicted molar refractivity (Wildman–Crippen MR) is 70.2 cm³/mol. The Bertz CT molecular complexity index is 148. The average Bonchev–Trinajstić information content (AvgIpc) is 1.69. The molecule has 0 aliphatic rings. The van der Waals surface area contributed by atoms with Crippen LogP contribution in [0.15, 0.2) is 30.3 Å². The van der Waals surface area contributed by atoms with Gasteiger partial charge in [0.15, 0.2) is 0 Å². The van der Waals surface area contributed by atoms with Gasteiger partial charge in [0.05, 0.1) is 0 Å². The van der Waals surface area contributed by atoms with Gasteiger partial charge in [-0.2, -0.15) is 0 Å². The molecule has 0 saturated heterocycles. The van der Waals surface area contributed by atoms with Crippen molar-refractivity contribution in [2.24, 2.45) is 0 Å². The van der Waals surface area contributed by atoms with Gasteiger partial charge in [-0.15, -0.1) is 49.6 Å². The van der Waals surface area contributed by atoms with E-state index in [9.17, 15) is 0 Å². The van der Waals surface area contributed by atoms with Crippen molar-refractivity contribution in [1.82, 2.24) is 12.3 Å². The second kappa shape index (κ2) is 22.8. The smallest absolute Gasteiger partial charge is 0.0398 e. The Balaban J connectivity index is -0.0000000204. The van der Waals surface area contributed by atoms with Gasteiger partial charge < -0.3 is 12.3 Å². The molecule has 0 heterocycles. The van der Waals surface area contributed by atoms with Crippen LogP contribution in [0.25, 0.3) is 0 Å². The molecule has 0 aliphatic heterocycles. The minimum Gasteiger partial charge on any atom is -0.344 e. The van der Waals surface area contributed by atoms with Crippen LogP contribution in [-0.2, 0) is 0 Å². The molecule has 13 heavy (non-hydrogen) atoms.